The van der Waals surface area contributed by atoms with Gasteiger partial charge in [0.05, 0.1) is 18.8 Å². The van der Waals surface area contributed by atoms with Crippen molar-refractivity contribution in [1.82, 2.24) is 10.3 Å². The summed E-state index contributed by atoms with van der Waals surface area (Å²) in [5.41, 5.74) is 6.94. The first-order valence-electron chi connectivity index (χ1n) is 8.04. The number of hydrogen-bond donors (Lipinski definition) is 2. The van der Waals surface area contributed by atoms with E-state index in [9.17, 15) is 0 Å². The summed E-state index contributed by atoms with van der Waals surface area (Å²) in [7, 11) is 0. The fourth-order valence-corrected chi connectivity index (χ4v) is 3.82. The molecule has 2 aliphatic rings. The monoisotopic (exact) mass is 289 g/mol. The zero-order chi connectivity index (χ0) is 14.8. The van der Waals surface area contributed by atoms with Gasteiger partial charge < -0.3 is 4.74 Å². The normalized spacial score (nSPS) is 27.6. The molecule has 0 spiro atoms. The molecule has 3 N–H and O–H groups in total. The molecule has 0 saturated carbocycles. The van der Waals surface area contributed by atoms with Crippen molar-refractivity contribution in [1.29, 1.82) is 0 Å². The van der Waals surface area contributed by atoms with Crippen molar-refractivity contribution in [3.63, 3.8) is 0 Å². The summed E-state index contributed by atoms with van der Waals surface area (Å²) < 4.78 is 6.09. The summed E-state index contributed by atoms with van der Waals surface area (Å²) in [5.74, 6) is 5.82. The van der Waals surface area contributed by atoms with Crippen molar-refractivity contribution in [2.24, 2.45) is 5.84 Å². The van der Waals surface area contributed by atoms with Crippen LogP contribution in [0.4, 0.5) is 0 Å². The predicted molar refractivity (Wildman–Crippen MR) is 85.1 cm³/mol. The van der Waals surface area contributed by atoms with E-state index in [1.54, 1.807) is 0 Å². The van der Waals surface area contributed by atoms with Gasteiger partial charge in [0.2, 0.25) is 0 Å². The molecule has 0 amide bonds. The van der Waals surface area contributed by atoms with Crippen molar-refractivity contribution in [3.05, 3.63) is 34.9 Å². The van der Waals surface area contributed by atoms with Gasteiger partial charge in [0.1, 0.15) is 0 Å². The van der Waals surface area contributed by atoms with Crippen LogP contribution in [-0.2, 0) is 11.2 Å². The van der Waals surface area contributed by atoms with E-state index in [-0.39, 0.29) is 12.1 Å². The van der Waals surface area contributed by atoms with Gasteiger partial charge in [0, 0.05) is 12.6 Å². The number of nitrogens with two attached hydrogens (primary N) is 1. The van der Waals surface area contributed by atoms with E-state index < -0.39 is 0 Å². The van der Waals surface area contributed by atoms with Crippen molar-refractivity contribution in [3.8, 4) is 0 Å². The molecule has 0 radical (unpaired) electrons. The molecule has 1 aromatic carbocycles. The number of nitrogens with zero attached hydrogens (tertiary/aromatic N) is 1. The summed E-state index contributed by atoms with van der Waals surface area (Å²) in [6.45, 7) is 7.37. The SMILES string of the molecule is Cc1cc(C)cc(CC(NN)C2CN3CCCC3CO2)c1. The second-order valence-electron chi connectivity index (χ2n) is 6.64. The lowest BCUT2D eigenvalue weighted by Gasteiger charge is -2.38. The van der Waals surface area contributed by atoms with E-state index in [0.29, 0.717) is 6.04 Å². The van der Waals surface area contributed by atoms with E-state index in [0.717, 1.165) is 19.6 Å². The molecular weight excluding hydrogens is 262 g/mol. The van der Waals surface area contributed by atoms with Crippen LogP contribution in [0.3, 0.4) is 0 Å². The first-order chi connectivity index (χ1) is 10.2. The molecule has 0 aliphatic carbocycles. The largest absolute Gasteiger partial charge is 0.374 e. The van der Waals surface area contributed by atoms with E-state index in [4.69, 9.17) is 10.6 Å². The van der Waals surface area contributed by atoms with Crippen LogP contribution in [0, 0.1) is 13.8 Å². The van der Waals surface area contributed by atoms with Gasteiger partial charge in [-0.25, -0.2) is 0 Å². The van der Waals surface area contributed by atoms with Crippen molar-refractivity contribution < 1.29 is 4.74 Å². The molecule has 3 atom stereocenters. The Labute approximate surface area is 127 Å². The van der Waals surface area contributed by atoms with Crippen LogP contribution in [0.1, 0.15) is 29.5 Å². The molecule has 0 aromatic heterocycles. The Balaban J connectivity index is 1.67. The molecule has 4 nitrogen and oxygen atoms in total. The fraction of sp³-hybridized carbons (Fsp3) is 0.647. The summed E-state index contributed by atoms with van der Waals surface area (Å²) in [5, 5.41) is 0. The smallest absolute Gasteiger partial charge is 0.0872 e. The Kier molecular flexibility index (Phi) is 4.60. The topological polar surface area (TPSA) is 50.5 Å². The molecular formula is C17H27N3O. The summed E-state index contributed by atoms with van der Waals surface area (Å²) in [4.78, 5) is 2.57. The minimum Gasteiger partial charge on any atom is -0.374 e. The van der Waals surface area contributed by atoms with E-state index in [1.165, 1.54) is 36.1 Å². The van der Waals surface area contributed by atoms with Gasteiger partial charge in [-0.15, -0.1) is 0 Å². The van der Waals surface area contributed by atoms with Crippen LogP contribution >= 0.6 is 0 Å². The molecule has 2 heterocycles. The van der Waals surface area contributed by atoms with Gasteiger partial charge in [-0.05, 0) is 45.2 Å². The molecule has 3 rings (SSSR count). The number of benzene rings is 1. The molecule has 0 bridgehead atoms. The zero-order valence-corrected chi connectivity index (χ0v) is 13.1. The van der Waals surface area contributed by atoms with E-state index in [2.05, 4.69) is 42.4 Å². The minimum absolute atomic E-state index is 0.174. The van der Waals surface area contributed by atoms with E-state index >= 15 is 0 Å². The average Bonchev–Trinajstić information content (AvgIpc) is 2.91. The molecule has 1 aromatic rings. The van der Waals surface area contributed by atoms with Crippen LogP contribution in [0.15, 0.2) is 18.2 Å². The Morgan fingerprint density at radius 3 is 2.81 bits per heavy atom. The van der Waals surface area contributed by atoms with Crippen LogP contribution < -0.4 is 11.3 Å². The molecule has 2 saturated heterocycles. The number of morpholine rings is 1. The summed E-state index contributed by atoms with van der Waals surface area (Å²) >= 11 is 0. The van der Waals surface area contributed by atoms with Gasteiger partial charge in [0.15, 0.2) is 0 Å². The van der Waals surface area contributed by atoms with Gasteiger partial charge in [-0.1, -0.05) is 29.3 Å². The third-order valence-corrected chi connectivity index (χ3v) is 4.82. The molecule has 21 heavy (non-hydrogen) atoms. The predicted octanol–water partition coefficient (Wildman–Crippen LogP) is 1.54. The first-order valence-corrected chi connectivity index (χ1v) is 8.04. The van der Waals surface area contributed by atoms with Crippen molar-refractivity contribution >= 4 is 0 Å². The quantitative estimate of drug-likeness (QED) is 0.652. The van der Waals surface area contributed by atoms with Crippen LogP contribution in [0.5, 0.6) is 0 Å². The van der Waals surface area contributed by atoms with Crippen LogP contribution in [0.25, 0.3) is 0 Å². The fourth-order valence-electron chi connectivity index (χ4n) is 3.82. The molecule has 116 valence electrons. The number of fused-ring (bicyclic) bond motifs is 1. The van der Waals surface area contributed by atoms with E-state index in [1.807, 2.05) is 0 Å². The maximum absolute atomic E-state index is 6.09. The third kappa shape index (κ3) is 3.46. The van der Waals surface area contributed by atoms with Crippen LogP contribution in [0.2, 0.25) is 0 Å². The van der Waals surface area contributed by atoms with Crippen molar-refractivity contribution in [2.45, 2.75) is 51.3 Å². The average molecular weight is 289 g/mol. The van der Waals surface area contributed by atoms with Crippen LogP contribution in [-0.4, -0.2) is 42.8 Å². The number of hydrogen-bond acceptors (Lipinski definition) is 4. The highest BCUT2D eigenvalue weighted by Crippen LogP contribution is 2.24. The molecule has 2 aliphatic heterocycles. The number of nitrogens with one attached hydrogen (secondary N) is 1. The highest BCUT2D eigenvalue weighted by molar-refractivity contribution is 5.29. The Bertz CT molecular complexity index is 471. The maximum Gasteiger partial charge on any atom is 0.0872 e. The second kappa shape index (κ2) is 6.44. The lowest BCUT2D eigenvalue weighted by molar-refractivity contribution is -0.0644. The second-order valence-corrected chi connectivity index (χ2v) is 6.64. The Hall–Kier alpha value is -0.940. The summed E-state index contributed by atoms with van der Waals surface area (Å²) in [6, 6.07) is 7.52. The Morgan fingerprint density at radius 2 is 2.10 bits per heavy atom. The lowest BCUT2D eigenvalue weighted by atomic mass is 9.97. The zero-order valence-electron chi connectivity index (χ0n) is 13.1. The minimum atomic E-state index is 0.174. The number of hydrazine groups is 1. The van der Waals surface area contributed by atoms with Crippen molar-refractivity contribution in [2.75, 3.05) is 19.7 Å². The molecule has 3 unspecified atom stereocenters. The van der Waals surface area contributed by atoms with Gasteiger partial charge >= 0.3 is 0 Å². The molecule has 4 heteroatoms. The lowest BCUT2D eigenvalue weighted by Crippen LogP contribution is -2.56. The number of aryl methyl sites for hydroxylation is 2. The molecule has 2 fully saturated rings. The Morgan fingerprint density at radius 1 is 1.33 bits per heavy atom. The number of rotatable bonds is 4. The standard InChI is InChI=1S/C17H27N3O/c1-12-6-13(2)8-14(7-12)9-16(19-18)17-10-20-5-3-4-15(20)11-21-17/h6-8,15-17,19H,3-5,9-11,18H2,1-2H3. The van der Waals surface area contributed by atoms with Gasteiger partial charge in [0.25, 0.3) is 0 Å². The highest BCUT2D eigenvalue weighted by Gasteiger charge is 2.35. The summed E-state index contributed by atoms with van der Waals surface area (Å²) in [6.07, 6.45) is 3.69. The maximum atomic E-state index is 6.09. The first kappa shape index (κ1) is 15.0. The third-order valence-electron chi connectivity index (χ3n) is 4.82. The highest BCUT2D eigenvalue weighted by atomic mass is 16.5. The number of ether oxygens (including phenoxy) is 1. The van der Waals surface area contributed by atoms with Gasteiger partial charge in [-0.2, -0.15) is 0 Å². The van der Waals surface area contributed by atoms with Gasteiger partial charge in [-0.3, -0.25) is 16.2 Å².